The number of nitriles is 1. The number of thioether (sulfide) groups is 1. The van der Waals surface area contributed by atoms with Gasteiger partial charge in [0.15, 0.2) is 11.0 Å². The normalized spacial score (nSPS) is 10.2. The molecule has 1 aromatic heterocycles. The maximum absolute atomic E-state index is 9.29. The van der Waals surface area contributed by atoms with E-state index in [-0.39, 0.29) is 0 Å². The number of nitrogens with zero attached hydrogens (tertiary/aromatic N) is 3. The first-order valence-electron chi connectivity index (χ1n) is 7.50. The number of benzene rings is 2. The van der Waals surface area contributed by atoms with Gasteiger partial charge in [0.25, 0.3) is 0 Å². The van der Waals surface area contributed by atoms with Crippen molar-refractivity contribution in [1.82, 2.24) is 9.97 Å². The minimum absolute atomic E-state index is 0.433. The monoisotopic (exact) mass is 332 g/mol. The van der Waals surface area contributed by atoms with Crippen LogP contribution < -0.4 is 5.32 Å². The van der Waals surface area contributed by atoms with Gasteiger partial charge in [-0.1, -0.05) is 60.3 Å². The van der Waals surface area contributed by atoms with Gasteiger partial charge in [0.2, 0.25) is 0 Å². The average Bonchev–Trinajstić information content (AvgIpc) is 2.64. The average molecular weight is 332 g/mol. The van der Waals surface area contributed by atoms with E-state index >= 15 is 0 Å². The van der Waals surface area contributed by atoms with Crippen LogP contribution in [0.4, 0.5) is 11.5 Å². The number of nitrogens with one attached hydrogen (secondary N) is 1. The fourth-order valence-electron chi connectivity index (χ4n) is 2.38. The molecule has 3 aromatic rings. The molecule has 0 radical (unpaired) electrons. The molecule has 0 fully saturated rings. The summed E-state index contributed by atoms with van der Waals surface area (Å²) in [4.78, 5) is 8.57. The zero-order chi connectivity index (χ0) is 16.8. The lowest BCUT2D eigenvalue weighted by Crippen LogP contribution is -2.02. The maximum Gasteiger partial charge on any atom is 0.189 e. The van der Waals surface area contributed by atoms with Crippen molar-refractivity contribution in [1.29, 1.82) is 5.26 Å². The number of hydrogen-bond donors (Lipinski definition) is 1. The Morgan fingerprint density at radius 1 is 1.08 bits per heavy atom. The molecule has 0 saturated carbocycles. The molecule has 0 unspecified atom stereocenters. The molecule has 0 saturated heterocycles. The summed E-state index contributed by atoms with van der Waals surface area (Å²) in [5, 5.41) is 13.2. The third-order valence-corrected chi connectivity index (χ3v) is 4.14. The zero-order valence-electron chi connectivity index (χ0n) is 13.2. The van der Waals surface area contributed by atoms with E-state index in [2.05, 4.69) is 39.6 Å². The van der Waals surface area contributed by atoms with Crippen LogP contribution in [0.2, 0.25) is 0 Å². The highest BCUT2D eigenvalue weighted by Gasteiger charge is 2.09. The summed E-state index contributed by atoms with van der Waals surface area (Å²) in [7, 11) is 0. The van der Waals surface area contributed by atoms with Gasteiger partial charge in [-0.25, -0.2) is 9.97 Å². The van der Waals surface area contributed by atoms with Crippen molar-refractivity contribution in [2.45, 2.75) is 11.6 Å². The molecule has 2 aromatic carbocycles. The first-order valence-corrected chi connectivity index (χ1v) is 8.72. The highest BCUT2D eigenvalue weighted by Crippen LogP contribution is 2.25. The van der Waals surface area contributed by atoms with Gasteiger partial charge in [0, 0.05) is 5.69 Å². The van der Waals surface area contributed by atoms with Crippen molar-refractivity contribution in [2.24, 2.45) is 0 Å². The number of anilines is 2. The SMILES string of the molecule is CSc1ncc(C#N)c(Nc2ccccc2Cc2ccccc2)n1. The van der Waals surface area contributed by atoms with E-state index in [0.29, 0.717) is 16.5 Å². The molecule has 5 heteroatoms. The number of aromatic nitrogens is 2. The largest absolute Gasteiger partial charge is 0.339 e. The van der Waals surface area contributed by atoms with Crippen LogP contribution in [0.25, 0.3) is 0 Å². The Morgan fingerprint density at radius 2 is 1.83 bits per heavy atom. The van der Waals surface area contributed by atoms with Gasteiger partial charge in [-0.05, 0) is 29.9 Å². The summed E-state index contributed by atoms with van der Waals surface area (Å²) >= 11 is 1.45. The standard InChI is InChI=1S/C19H16N4S/c1-24-19-21-13-16(12-20)18(23-19)22-17-10-6-5-9-15(17)11-14-7-3-2-4-8-14/h2-10,13H,11H2,1H3,(H,21,22,23). The van der Waals surface area contributed by atoms with Crippen molar-refractivity contribution < 1.29 is 0 Å². The second kappa shape index (κ2) is 7.62. The van der Waals surface area contributed by atoms with Gasteiger partial charge in [0.05, 0.1) is 6.20 Å². The highest BCUT2D eigenvalue weighted by atomic mass is 32.2. The van der Waals surface area contributed by atoms with Crippen molar-refractivity contribution in [2.75, 3.05) is 11.6 Å². The molecule has 0 aliphatic rings. The topological polar surface area (TPSA) is 61.6 Å². The van der Waals surface area contributed by atoms with Gasteiger partial charge in [-0.3, -0.25) is 0 Å². The zero-order valence-corrected chi connectivity index (χ0v) is 14.0. The van der Waals surface area contributed by atoms with Crippen LogP contribution in [0, 0.1) is 11.3 Å². The molecule has 4 nitrogen and oxygen atoms in total. The summed E-state index contributed by atoms with van der Waals surface area (Å²) in [6, 6.07) is 20.5. The number of rotatable bonds is 5. The van der Waals surface area contributed by atoms with E-state index in [4.69, 9.17) is 0 Å². The molecule has 0 aliphatic heterocycles. The minimum atomic E-state index is 0.433. The van der Waals surface area contributed by atoms with Crippen LogP contribution in [0.3, 0.4) is 0 Å². The van der Waals surface area contributed by atoms with Crippen molar-refractivity contribution in [3.63, 3.8) is 0 Å². The predicted molar refractivity (Wildman–Crippen MR) is 97.5 cm³/mol. The van der Waals surface area contributed by atoms with Crippen LogP contribution in [0.5, 0.6) is 0 Å². The van der Waals surface area contributed by atoms with Crippen LogP contribution in [-0.2, 0) is 6.42 Å². The van der Waals surface area contributed by atoms with Crippen LogP contribution in [-0.4, -0.2) is 16.2 Å². The van der Waals surface area contributed by atoms with Crippen LogP contribution in [0.1, 0.15) is 16.7 Å². The Labute approximate surface area is 145 Å². The lowest BCUT2D eigenvalue weighted by molar-refractivity contribution is 0.968. The Hall–Kier alpha value is -2.84. The molecular weight excluding hydrogens is 316 g/mol. The fraction of sp³-hybridized carbons (Fsp3) is 0.105. The molecule has 118 valence electrons. The molecule has 0 aliphatic carbocycles. The van der Waals surface area contributed by atoms with Gasteiger partial charge >= 0.3 is 0 Å². The Kier molecular flexibility index (Phi) is 5.09. The molecular formula is C19H16N4S. The molecule has 0 amide bonds. The summed E-state index contributed by atoms with van der Waals surface area (Å²) in [5.74, 6) is 0.539. The highest BCUT2D eigenvalue weighted by molar-refractivity contribution is 7.98. The van der Waals surface area contributed by atoms with E-state index in [1.54, 1.807) is 6.20 Å². The molecule has 0 atom stereocenters. The van der Waals surface area contributed by atoms with Gasteiger partial charge in [-0.15, -0.1) is 0 Å². The fourth-order valence-corrected chi connectivity index (χ4v) is 2.72. The van der Waals surface area contributed by atoms with Crippen molar-refractivity contribution in [3.05, 3.63) is 77.5 Å². The smallest absolute Gasteiger partial charge is 0.189 e. The Balaban J connectivity index is 1.93. The van der Waals surface area contributed by atoms with Crippen LogP contribution >= 0.6 is 11.8 Å². The van der Waals surface area contributed by atoms with E-state index < -0.39 is 0 Å². The Morgan fingerprint density at radius 3 is 2.58 bits per heavy atom. The number of hydrogen-bond acceptors (Lipinski definition) is 5. The molecule has 24 heavy (non-hydrogen) atoms. The number of para-hydroxylation sites is 1. The molecule has 3 rings (SSSR count). The first-order chi connectivity index (χ1) is 11.8. The van der Waals surface area contributed by atoms with Gasteiger partial charge < -0.3 is 5.32 Å². The van der Waals surface area contributed by atoms with Crippen LogP contribution in [0.15, 0.2) is 66.0 Å². The third kappa shape index (κ3) is 3.73. The van der Waals surface area contributed by atoms with Gasteiger partial charge in [-0.2, -0.15) is 5.26 Å². The second-order valence-electron chi connectivity index (χ2n) is 5.18. The third-order valence-electron chi connectivity index (χ3n) is 3.58. The Bertz CT molecular complexity index is 872. The summed E-state index contributed by atoms with van der Waals surface area (Å²) < 4.78 is 0. The molecule has 1 N–H and O–H groups in total. The van der Waals surface area contributed by atoms with E-state index in [1.165, 1.54) is 17.3 Å². The minimum Gasteiger partial charge on any atom is -0.339 e. The van der Waals surface area contributed by atoms with Crippen molar-refractivity contribution in [3.8, 4) is 6.07 Å². The quantitative estimate of drug-likeness (QED) is 0.554. The second-order valence-corrected chi connectivity index (χ2v) is 5.95. The summed E-state index contributed by atoms with van der Waals surface area (Å²) in [5.41, 5.74) is 3.77. The van der Waals surface area contributed by atoms with E-state index in [9.17, 15) is 5.26 Å². The lowest BCUT2D eigenvalue weighted by Gasteiger charge is -2.13. The van der Waals surface area contributed by atoms with E-state index in [0.717, 1.165) is 17.7 Å². The summed E-state index contributed by atoms with van der Waals surface area (Å²) in [6.07, 6.45) is 4.28. The predicted octanol–water partition coefficient (Wildman–Crippen LogP) is 4.40. The maximum atomic E-state index is 9.29. The van der Waals surface area contributed by atoms with E-state index in [1.807, 2.05) is 42.7 Å². The summed E-state index contributed by atoms with van der Waals surface area (Å²) in [6.45, 7) is 0. The molecule has 1 heterocycles. The molecule has 0 bridgehead atoms. The first kappa shape index (κ1) is 16.0. The lowest BCUT2D eigenvalue weighted by atomic mass is 10.0. The van der Waals surface area contributed by atoms with Crippen molar-refractivity contribution >= 4 is 23.3 Å². The molecule has 0 spiro atoms. The van der Waals surface area contributed by atoms with Gasteiger partial charge in [0.1, 0.15) is 11.6 Å².